The first-order valence-corrected chi connectivity index (χ1v) is 19.8. The van der Waals surface area contributed by atoms with Crippen molar-refractivity contribution < 1.29 is 19.2 Å². The van der Waals surface area contributed by atoms with Gasteiger partial charge >= 0.3 is 0 Å². The molecule has 4 N–H and O–H groups in total. The minimum atomic E-state index is -0.157. The number of rotatable bonds is 26. The second-order valence-electron chi connectivity index (χ2n) is 9.70. The zero-order valence-electron chi connectivity index (χ0n) is 26.2. The van der Waals surface area contributed by atoms with E-state index in [1.54, 1.807) is 34.0 Å². The second kappa shape index (κ2) is 26.9. The van der Waals surface area contributed by atoms with Crippen molar-refractivity contribution in [3.05, 3.63) is 59.2 Å². The van der Waals surface area contributed by atoms with Crippen LogP contribution >= 0.6 is 43.2 Å². The molecule has 0 aromatic carbocycles. The van der Waals surface area contributed by atoms with Crippen LogP contribution in [0.1, 0.15) is 32.1 Å². The molecule has 0 aliphatic carbocycles. The fraction of sp³-hybridized carbons (Fsp3) is 0.517. The molecule has 256 valence electrons. The van der Waals surface area contributed by atoms with Gasteiger partial charge in [0.25, 0.3) is 0 Å². The number of nitrogens with one attached hydrogen (secondary N) is 4. The zero-order chi connectivity index (χ0) is 33.8. The highest BCUT2D eigenvalue weighted by Crippen LogP contribution is 2.29. The lowest BCUT2D eigenvalue weighted by Crippen LogP contribution is -2.38. The van der Waals surface area contributed by atoms with E-state index >= 15 is 0 Å². The first-order valence-electron chi connectivity index (χ1n) is 15.2. The van der Waals surface area contributed by atoms with Crippen molar-refractivity contribution in [2.24, 2.45) is 5.11 Å². The molecule has 14 nitrogen and oxygen atoms in total. The summed E-state index contributed by atoms with van der Waals surface area (Å²) in [5.74, 6) is 0.829. The standard InChI is InChI=1S/C29H42N10O4S4/c30-38-37-14-5-19-39(20-8-24(40)31-15-17-33-26(42)10-22-44-46-28-6-1-3-12-35-28)21-9-25(41)32-16-18-34-27(43)11-23-45-47-29-7-2-4-13-36-29/h1-4,6-7,12-13H,5,8-11,14-23H2,(H,31,40)(H,32,41)(H,33,42)(H,34,43). The number of azide groups is 1. The van der Waals surface area contributed by atoms with E-state index in [1.165, 1.54) is 21.6 Å². The Kier molecular flexibility index (Phi) is 22.9. The normalized spacial score (nSPS) is 10.6. The molecule has 0 aliphatic heterocycles. The summed E-state index contributed by atoms with van der Waals surface area (Å²) in [5.41, 5.74) is 8.53. The van der Waals surface area contributed by atoms with Crippen molar-refractivity contribution in [1.29, 1.82) is 0 Å². The van der Waals surface area contributed by atoms with Crippen LogP contribution in [0.4, 0.5) is 0 Å². The van der Waals surface area contributed by atoms with Crippen LogP contribution < -0.4 is 21.3 Å². The number of carbonyl (C=O) groups is 4. The Balaban J connectivity index is 1.53. The molecule has 4 amide bonds. The maximum absolute atomic E-state index is 12.4. The molecule has 2 aromatic heterocycles. The molecule has 18 heteroatoms. The molecule has 2 aromatic rings. The molecule has 47 heavy (non-hydrogen) atoms. The van der Waals surface area contributed by atoms with Crippen LogP contribution in [0, 0.1) is 0 Å². The molecular formula is C29H42N10O4S4. The molecule has 2 heterocycles. The Morgan fingerprint density at radius 1 is 0.681 bits per heavy atom. The first kappa shape index (κ1) is 40.0. The fourth-order valence-corrected chi connectivity index (χ4v) is 7.43. The molecule has 0 spiro atoms. The molecule has 0 bridgehead atoms. The van der Waals surface area contributed by atoms with Crippen molar-refractivity contribution in [3.63, 3.8) is 0 Å². The van der Waals surface area contributed by atoms with Crippen molar-refractivity contribution in [3.8, 4) is 0 Å². The smallest absolute Gasteiger partial charge is 0.221 e. The van der Waals surface area contributed by atoms with Crippen LogP contribution in [-0.4, -0.2) is 102 Å². The van der Waals surface area contributed by atoms with Gasteiger partial charge < -0.3 is 26.2 Å². The molecule has 0 saturated heterocycles. The van der Waals surface area contributed by atoms with E-state index in [0.29, 0.717) is 83.1 Å². The lowest BCUT2D eigenvalue weighted by molar-refractivity contribution is -0.123. The van der Waals surface area contributed by atoms with Crippen molar-refractivity contribution in [2.45, 2.75) is 42.2 Å². The monoisotopic (exact) mass is 722 g/mol. The average Bonchev–Trinajstić information content (AvgIpc) is 3.09. The molecular weight excluding hydrogens is 681 g/mol. The van der Waals surface area contributed by atoms with Crippen molar-refractivity contribution in [1.82, 2.24) is 36.1 Å². The van der Waals surface area contributed by atoms with Gasteiger partial charge in [0.05, 0.1) is 0 Å². The minimum absolute atomic E-state index is 0.0778. The van der Waals surface area contributed by atoms with Crippen LogP contribution in [0.15, 0.2) is 64.0 Å². The zero-order valence-corrected chi connectivity index (χ0v) is 29.4. The third-order valence-electron chi connectivity index (χ3n) is 6.03. The third-order valence-corrected chi connectivity index (χ3v) is 10.6. The van der Waals surface area contributed by atoms with E-state index in [1.807, 2.05) is 41.3 Å². The highest BCUT2D eigenvalue weighted by molar-refractivity contribution is 8.77. The van der Waals surface area contributed by atoms with Gasteiger partial charge in [-0.1, -0.05) is 38.8 Å². The number of amides is 4. The van der Waals surface area contributed by atoms with Crippen LogP contribution in [0.2, 0.25) is 0 Å². The molecule has 0 aliphatic rings. The molecule has 0 radical (unpaired) electrons. The van der Waals surface area contributed by atoms with Crippen LogP contribution in [0.3, 0.4) is 0 Å². The first-order chi connectivity index (χ1) is 23.0. The summed E-state index contributed by atoms with van der Waals surface area (Å²) in [6.45, 7) is 3.06. The Hall–Kier alpha value is -3.15. The summed E-state index contributed by atoms with van der Waals surface area (Å²) in [4.78, 5) is 62.0. The lowest BCUT2D eigenvalue weighted by atomic mass is 10.2. The Labute approximate surface area is 291 Å². The number of pyridine rings is 2. The summed E-state index contributed by atoms with van der Waals surface area (Å²) in [6.07, 6.45) is 5.26. The number of aromatic nitrogens is 2. The topological polar surface area (TPSA) is 194 Å². The van der Waals surface area contributed by atoms with E-state index in [-0.39, 0.29) is 36.5 Å². The van der Waals surface area contributed by atoms with E-state index in [4.69, 9.17) is 5.53 Å². The van der Waals surface area contributed by atoms with Gasteiger partial charge in [0.15, 0.2) is 0 Å². The Bertz CT molecular complexity index is 1160. The van der Waals surface area contributed by atoms with E-state index in [2.05, 4.69) is 41.3 Å². The quantitative estimate of drug-likeness (QED) is 0.0364. The van der Waals surface area contributed by atoms with Gasteiger partial charge in [0.1, 0.15) is 10.1 Å². The van der Waals surface area contributed by atoms with Gasteiger partial charge in [-0.3, -0.25) is 19.2 Å². The summed E-state index contributed by atoms with van der Waals surface area (Å²) < 4.78 is 0. The molecule has 0 atom stereocenters. The fourth-order valence-electron chi connectivity index (χ4n) is 3.69. The lowest BCUT2D eigenvalue weighted by Gasteiger charge is -2.21. The summed E-state index contributed by atoms with van der Waals surface area (Å²) in [5, 5.41) is 16.6. The van der Waals surface area contributed by atoms with Crippen molar-refractivity contribution >= 4 is 66.8 Å². The Morgan fingerprint density at radius 3 is 1.53 bits per heavy atom. The van der Waals surface area contributed by atoms with Crippen LogP contribution in [-0.2, 0) is 19.2 Å². The van der Waals surface area contributed by atoms with Crippen LogP contribution in [0.5, 0.6) is 0 Å². The largest absolute Gasteiger partial charge is 0.354 e. The Morgan fingerprint density at radius 2 is 1.13 bits per heavy atom. The maximum atomic E-state index is 12.4. The third kappa shape index (κ3) is 22.1. The highest BCUT2D eigenvalue weighted by Gasteiger charge is 2.11. The molecule has 0 fully saturated rings. The summed E-state index contributed by atoms with van der Waals surface area (Å²) in [7, 11) is 6.18. The van der Waals surface area contributed by atoms with Gasteiger partial charge in [0.2, 0.25) is 23.6 Å². The van der Waals surface area contributed by atoms with Gasteiger partial charge in [-0.15, -0.1) is 0 Å². The highest BCUT2D eigenvalue weighted by atomic mass is 33.1. The van der Waals surface area contributed by atoms with Crippen LogP contribution in [0.25, 0.3) is 10.4 Å². The van der Waals surface area contributed by atoms with E-state index in [9.17, 15) is 19.2 Å². The number of hydrogen-bond donors (Lipinski definition) is 4. The summed E-state index contributed by atoms with van der Waals surface area (Å²) >= 11 is 0. The predicted octanol–water partition coefficient (Wildman–Crippen LogP) is 3.69. The number of hydrogen-bond acceptors (Lipinski definition) is 12. The maximum Gasteiger partial charge on any atom is 0.221 e. The molecule has 0 saturated carbocycles. The van der Waals surface area contributed by atoms with Crippen molar-refractivity contribution in [2.75, 3.05) is 63.9 Å². The van der Waals surface area contributed by atoms with Gasteiger partial charge in [-0.2, -0.15) is 0 Å². The summed E-state index contributed by atoms with van der Waals surface area (Å²) in [6, 6.07) is 11.4. The number of carbonyl (C=O) groups excluding carboxylic acids is 4. The average molecular weight is 723 g/mol. The van der Waals surface area contributed by atoms with Gasteiger partial charge in [0, 0.05) is 100 Å². The SMILES string of the molecule is [N-]=[N+]=NCCCN(CCC(=O)NCCNC(=O)CCSSc1ccccn1)CCC(=O)NCCNC(=O)CCSSc1ccccn1. The van der Waals surface area contributed by atoms with E-state index in [0.717, 1.165) is 10.1 Å². The molecule has 0 unspecified atom stereocenters. The van der Waals surface area contributed by atoms with E-state index < -0.39 is 0 Å². The predicted molar refractivity (Wildman–Crippen MR) is 191 cm³/mol. The second-order valence-corrected chi connectivity index (χ2v) is 14.6. The van der Waals surface area contributed by atoms with Gasteiger partial charge in [-0.25, -0.2) is 9.97 Å². The number of nitrogens with zero attached hydrogens (tertiary/aromatic N) is 6. The minimum Gasteiger partial charge on any atom is -0.354 e. The molecule has 2 rings (SSSR count). The van der Waals surface area contributed by atoms with Gasteiger partial charge in [-0.05, 0) is 64.3 Å².